The van der Waals surface area contributed by atoms with E-state index in [9.17, 15) is 21.6 Å². The zero-order valence-corrected chi connectivity index (χ0v) is 10.8. The summed E-state index contributed by atoms with van der Waals surface area (Å²) in [5.41, 5.74) is -4.67. The molecular weight excluding hydrogens is 281 g/mol. The smallest absolute Gasteiger partial charge is 0.371 e. The summed E-state index contributed by atoms with van der Waals surface area (Å²) in [5, 5.41) is 0. The van der Waals surface area contributed by atoms with E-state index in [2.05, 4.69) is 0 Å². The van der Waals surface area contributed by atoms with Gasteiger partial charge in [0.2, 0.25) is 0 Å². The van der Waals surface area contributed by atoms with Crippen molar-refractivity contribution < 1.29 is 21.6 Å². The van der Waals surface area contributed by atoms with Crippen LogP contribution < -0.4 is 9.62 Å². The standard InChI is InChI=1S/C11H13F3N2O2S/c12-11(13,14)19(17,18)15-9-4-3-5-10(8-9)16-6-1-2-7-16/h3-5,8,15H,1-2,6-7H2. The van der Waals surface area contributed by atoms with Gasteiger partial charge in [-0.3, -0.25) is 4.72 Å². The summed E-state index contributed by atoms with van der Waals surface area (Å²) in [6.45, 7) is 1.66. The second kappa shape index (κ2) is 4.92. The summed E-state index contributed by atoms with van der Waals surface area (Å²) in [6, 6.07) is 5.98. The molecule has 1 aromatic carbocycles. The third-order valence-corrected chi connectivity index (χ3v) is 3.99. The fourth-order valence-corrected chi connectivity index (χ4v) is 2.51. The highest BCUT2D eigenvalue weighted by Gasteiger charge is 2.46. The molecule has 1 aliphatic heterocycles. The molecule has 0 radical (unpaired) electrons. The molecule has 4 nitrogen and oxygen atoms in total. The highest BCUT2D eigenvalue weighted by Crippen LogP contribution is 2.28. The molecule has 1 heterocycles. The van der Waals surface area contributed by atoms with E-state index in [0.29, 0.717) is 0 Å². The molecule has 1 N–H and O–H groups in total. The van der Waals surface area contributed by atoms with E-state index >= 15 is 0 Å². The van der Waals surface area contributed by atoms with Gasteiger partial charge in [-0.15, -0.1) is 0 Å². The molecule has 2 rings (SSSR count). The van der Waals surface area contributed by atoms with E-state index in [0.717, 1.165) is 31.6 Å². The Bertz CT molecular complexity index is 551. The lowest BCUT2D eigenvalue weighted by Gasteiger charge is -2.19. The molecule has 8 heteroatoms. The molecule has 0 aliphatic carbocycles. The predicted octanol–water partition coefficient (Wildman–Crippen LogP) is 2.55. The maximum absolute atomic E-state index is 12.3. The number of alkyl halides is 3. The van der Waals surface area contributed by atoms with E-state index in [1.807, 2.05) is 4.90 Å². The van der Waals surface area contributed by atoms with Crippen molar-refractivity contribution in [2.75, 3.05) is 22.7 Å². The third-order valence-electron chi connectivity index (χ3n) is 2.87. The van der Waals surface area contributed by atoms with E-state index in [1.54, 1.807) is 10.8 Å². The maximum atomic E-state index is 12.3. The summed E-state index contributed by atoms with van der Waals surface area (Å²) in [7, 11) is -5.36. The van der Waals surface area contributed by atoms with Gasteiger partial charge in [0.15, 0.2) is 0 Å². The number of rotatable bonds is 3. The van der Waals surface area contributed by atoms with Crippen LogP contribution in [0.15, 0.2) is 24.3 Å². The molecule has 19 heavy (non-hydrogen) atoms. The summed E-state index contributed by atoms with van der Waals surface area (Å²) in [6.07, 6.45) is 2.05. The minimum Gasteiger partial charge on any atom is -0.371 e. The third kappa shape index (κ3) is 3.12. The summed E-state index contributed by atoms with van der Waals surface area (Å²) >= 11 is 0. The topological polar surface area (TPSA) is 49.4 Å². The van der Waals surface area contributed by atoms with Gasteiger partial charge in [0.25, 0.3) is 0 Å². The number of hydrogen-bond donors (Lipinski definition) is 1. The Morgan fingerprint density at radius 2 is 1.79 bits per heavy atom. The van der Waals surface area contributed by atoms with Crippen molar-refractivity contribution in [3.05, 3.63) is 24.3 Å². The van der Waals surface area contributed by atoms with Crippen LogP contribution in [0, 0.1) is 0 Å². The van der Waals surface area contributed by atoms with Crippen LogP contribution in [0.25, 0.3) is 0 Å². The molecular formula is C11H13F3N2O2S. The van der Waals surface area contributed by atoms with Gasteiger partial charge in [0, 0.05) is 18.8 Å². The van der Waals surface area contributed by atoms with E-state index in [1.165, 1.54) is 18.2 Å². The first-order chi connectivity index (χ1) is 8.79. The molecule has 0 aromatic heterocycles. The zero-order chi connectivity index (χ0) is 14.1. The Morgan fingerprint density at radius 3 is 2.37 bits per heavy atom. The average molecular weight is 294 g/mol. The minimum atomic E-state index is -5.36. The molecule has 106 valence electrons. The fraction of sp³-hybridized carbons (Fsp3) is 0.455. The predicted molar refractivity (Wildman–Crippen MR) is 66.5 cm³/mol. The van der Waals surface area contributed by atoms with Crippen LogP contribution in [0.2, 0.25) is 0 Å². The van der Waals surface area contributed by atoms with E-state index in [4.69, 9.17) is 0 Å². The molecule has 0 spiro atoms. The number of benzene rings is 1. The second-order valence-corrected chi connectivity index (χ2v) is 5.97. The van der Waals surface area contributed by atoms with Gasteiger partial charge in [-0.05, 0) is 31.0 Å². The molecule has 0 bridgehead atoms. The highest BCUT2D eigenvalue weighted by atomic mass is 32.2. The van der Waals surface area contributed by atoms with Gasteiger partial charge in [0.1, 0.15) is 0 Å². The molecule has 1 aliphatic rings. The van der Waals surface area contributed by atoms with Crippen LogP contribution in [-0.4, -0.2) is 27.0 Å². The Kier molecular flexibility index (Phi) is 3.62. The lowest BCUT2D eigenvalue weighted by atomic mass is 10.2. The van der Waals surface area contributed by atoms with Gasteiger partial charge in [-0.25, -0.2) is 0 Å². The lowest BCUT2D eigenvalue weighted by Crippen LogP contribution is -2.30. The van der Waals surface area contributed by atoms with Gasteiger partial charge < -0.3 is 4.90 Å². The van der Waals surface area contributed by atoms with Crippen LogP contribution >= 0.6 is 0 Å². The first-order valence-electron chi connectivity index (χ1n) is 5.74. The molecule has 0 atom stereocenters. The Morgan fingerprint density at radius 1 is 1.16 bits per heavy atom. The Hall–Kier alpha value is -1.44. The van der Waals surface area contributed by atoms with E-state index in [-0.39, 0.29) is 5.69 Å². The lowest BCUT2D eigenvalue weighted by molar-refractivity contribution is -0.0429. The van der Waals surface area contributed by atoms with E-state index < -0.39 is 15.5 Å². The molecule has 0 saturated carbocycles. The van der Waals surface area contributed by atoms with Crippen LogP contribution in [-0.2, 0) is 10.0 Å². The summed E-state index contributed by atoms with van der Waals surface area (Å²) in [5.74, 6) is 0. The molecule has 1 fully saturated rings. The number of sulfonamides is 1. The van der Waals surface area contributed by atoms with Crippen LogP contribution in [0.1, 0.15) is 12.8 Å². The SMILES string of the molecule is O=S(=O)(Nc1cccc(N2CCCC2)c1)C(F)(F)F. The fourth-order valence-electron chi connectivity index (χ4n) is 1.95. The first-order valence-corrected chi connectivity index (χ1v) is 7.22. The molecule has 0 unspecified atom stereocenters. The molecule has 1 saturated heterocycles. The quantitative estimate of drug-likeness (QED) is 0.932. The zero-order valence-electron chi connectivity index (χ0n) is 9.94. The summed E-state index contributed by atoms with van der Waals surface area (Å²) in [4.78, 5) is 2.01. The van der Waals surface area contributed by atoms with Gasteiger partial charge in [-0.2, -0.15) is 21.6 Å². The number of nitrogens with one attached hydrogen (secondary N) is 1. The molecule has 0 amide bonds. The molecule has 1 aromatic rings. The number of halogens is 3. The first kappa shape index (κ1) is 14.0. The largest absolute Gasteiger partial charge is 0.516 e. The van der Waals surface area contributed by atoms with Gasteiger partial charge in [0.05, 0.1) is 5.69 Å². The van der Waals surface area contributed by atoms with Gasteiger partial charge in [-0.1, -0.05) is 6.07 Å². The van der Waals surface area contributed by atoms with Crippen LogP contribution in [0.4, 0.5) is 24.5 Å². The minimum absolute atomic E-state index is 0.0817. The number of hydrogen-bond acceptors (Lipinski definition) is 3. The van der Waals surface area contributed by atoms with Crippen LogP contribution in [0.5, 0.6) is 0 Å². The maximum Gasteiger partial charge on any atom is 0.516 e. The van der Waals surface area contributed by atoms with Crippen molar-refractivity contribution in [1.82, 2.24) is 0 Å². The van der Waals surface area contributed by atoms with Crippen molar-refractivity contribution in [3.63, 3.8) is 0 Å². The van der Waals surface area contributed by atoms with Crippen molar-refractivity contribution in [3.8, 4) is 0 Å². The average Bonchev–Trinajstić information content (AvgIpc) is 2.80. The Balaban J connectivity index is 2.20. The monoisotopic (exact) mass is 294 g/mol. The number of anilines is 2. The van der Waals surface area contributed by atoms with Crippen molar-refractivity contribution in [2.24, 2.45) is 0 Å². The van der Waals surface area contributed by atoms with Gasteiger partial charge >= 0.3 is 15.5 Å². The van der Waals surface area contributed by atoms with Crippen molar-refractivity contribution in [2.45, 2.75) is 18.3 Å². The van der Waals surface area contributed by atoms with Crippen molar-refractivity contribution in [1.29, 1.82) is 0 Å². The number of nitrogens with zero attached hydrogens (tertiary/aromatic N) is 1. The van der Waals surface area contributed by atoms with Crippen LogP contribution in [0.3, 0.4) is 0 Å². The van der Waals surface area contributed by atoms with Crippen molar-refractivity contribution >= 4 is 21.4 Å². The summed E-state index contributed by atoms with van der Waals surface area (Å²) < 4.78 is 60.3. The highest BCUT2D eigenvalue weighted by molar-refractivity contribution is 7.93. The Labute approximate surface area is 109 Å². The second-order valence-electron chi connectivity index (χ2n) is 4.30. The normalized spacial score (nSPS) is 16.7.